The number of hydrogen-bond donors (Lipinski definition) is 5. The number of aromatic nitrogens is 1. The minimum atomic E-state index is -4.82. The molecule has 0 spiro atoms. The van der Waals surface area contributed by atoms with Crippen LogP contribution in [0.5, 0.6) is 5.75 Å². The lowest BCUT2D eigenvalue weighted by molar-refractivity contribution is 0.154. The molecule has 0 saturated carbocycles. The molecule has 0 fully saturated rings. The molecule has 154 valence electrons. The van der Waals surface area contributed by atoms with E-state index in [4.69, 9.17) is 31.9 Å². The van der Waals surface area contributed by atoms with Crippen molar-refractivity contribution in [3.8, 4) is 5.75 Å². The lowest BCUT2D eigenvalue weighted by Crippen LogP contribution is -2.24. The molecule has 0 saturated heterocycles. The molecule has 29 heavy (non-hydrogen) atoms. The molecule has 1 aromatic carbocycles. The van der Waals surface area contributed by atoms with Gasteiger partial charge in [0.1, 0.15) is 18.1 Å². The zero-order chi connectivity index (χ0) is 21.4. The second kappa shape index (κ2) is 10.1. The Bertz CT molecular complexity index is 985. The number of rotatable bonds is 7. The number of hydrogen-bond acceptors (Lipinski definition) is 7. The average Bonchev–Trinajstić information content (AvgIpc) is 2.61. The fourth-order valence-corrected chi connectivity index (χ4v) is 2.57. The van der Waals surface area contributed by atoms with Crippen LogP contribution in [-0.4, -0.2) is 32.2 Å². The third kappa shape index (κ3) is 8.02. The third-order valence-electron chi connectivity index (χ3n) is 3.04. The number of halogens is 1. The monoisotopic (exact) mass is 459 g/mol. The number of nitrogens with zero attached hydrogens (tertiary/aromatic N) is 2. The van der Waals surface area contributed by atoms with Crippen molar-refractivity contribution in [2.24, 2.45) is 10.8 Å². The number of amides is 1. The van der Waals surface area contributed by atoms with Gasteiger partial charge in [0, 0.05) is 16.8 Å². The largest absolute Gasteiger partial charge is 0.524 e. The number of hydrazone groups is 1. The second-order valence-electron chi connectivity index (χ2n) is 5.21. The van der Waals surface area contributed by atoms with Gasteiger partial charge in [-0.3, -0.25) is 25.5 Å². The zero-order valence-corrected chi connectivity index (χ0v) is 16.9. The zero-order valence-electron chi connectivity index (χ0n) is 14.5. The van der Waals surface area contributed by atoms with Crippen molar-refractivity contribution >= 4 is 54.7 Å². The predicted molar refractivity (Wildman–Crippen MR) is 110 cm³/mol. The van der Waals surface area contributed by atoms with Crippen LogP contribution in [0.3, 0.4) is 0 Å². The quantitative estimate of drug-likeness (QED) is 0.179. The summed E-state index contributed by atoms with van der Waals surface area (Å²) < 4.78 is 20.7. The molecule has 0 bridgehead atoms. The maximum absolute atomic E-state index is 12.1. The van der Waals surface area contributed by atoms with Gasteiger partial charge >= 0.3 is 13.9 Å². The van der Waals surface area contributed by atoms with E-state index in [0.717, 1.165) is 0 Å². The molecular weight excluding hydrogens is 445 g/mol. The number of phosphoric acid groups is 1. The van der Waals surface area contributed by atoms with Crippen molar-refractivity contribution in [3.63, 3.8) is 0 Å². The van der Waals surface area contributed by atoms with Gasteiger partial charge in [0.25, 0.3) is 0 Å². The van der Waals surface area contributed by atoms with Crippen molar-refractivity contribution in [1.29, 1.82) is 0 Å². The number of thiocarbonyl (C=S) groups is 1. The fraction of sp³-hybridized carbons (Fsp3) is 0.0667. The lowest BCUT2D eigenvalue weighted by atomic mass is 10.2. The predicted octanol–water partition coefficient (Wildman–Crippen LogP) is 2.12. The molecule has 2 rings (SSSR count). The van der Waals surface area contributed by atoms with Gasteiger partial charge in [0.2, 0.25) is 0 Å². The molecule has 2 aromatic rings. The summed E-state index contributed by atoms with van der Waals surface area (Å²) in [5, 5.41) is 6.38. The Morgan fingerprint density at radius 3 is 2.86 bits per heavy atom. The minimum absolute atomic E-state index is 0.0395. The Labute approximate surface area is 175 Å². The van der Waals surface area contributed by atoms with Gasteiger partial charge in [-0.1, -0.05) is 17.7 Å². The maximum atomic E-state index is 12.1. The summed E-state index contributed by atoms with van der Waals surface area (Å²) >= 11 is 10.4. The molecule has 1 amide bonds. The van der Waals surface area contributed by atoms with E-state index in [0.29, 0.717) is 5.69 Å². The van der Waals surface area contributed by atoms with Crippen LogP contribution < -0.4 is 21.0 Å². The van der Waals surface area contributed by atoms with Crippen LogP contribution in [0.1, 0.15) is 11.3 Å². The molecule has 1 aromatic heterocycles. The van der Waals surface area contributed by atoms with Crippen LogP contribution >= 0.6 is 31.6 Å². The summed E-state index contributed by atoms with van der Waals surface area (Å²) in [5.74, 6) is -0.211. The normalized spacial score (nSPS) is 11.1. The molecule has 0 aliphatic heterocycles. The summed E-state index contributed by atoms with van der Waals surface area (Å²) in [6.45, 7) is -0.342. The van der Waals surface area contributed by atoms with Gasteiger partial charge in [-0.15, -0.1) is 0 Å². The van der Waals surface area contributed by atoms with E-state index >= 15 is 0 Å². The van der Waals surface area contributed by atoms with Gasteiger partial charge in [0.05, 0.1) is 11.9 Å². The van der Waals surface area contributed by atoms with E-state index in [1.165, 1.54) is 30.6 Å². The van der Waals surface area contributed by atoms with E-state index in [1.54, 1.807) is 12.1 Å². The summed E-state index contributed by atoms with van der Waals surface area (Å²) in [7, 11) is -4.82. The van der Waals surface area contributed by atoms with Gasteiger partial charge in [-0.05, 0) is 36.5 Å². The van der Waals surface area contributed by atoms with Gasteiger partial charge in [-0.2, -0.15) is 5.10 Å². The molecular formula is C15H15ClN5O6PS. The first kappa shape index (κ1) is 22.5. The SMILES string of the molecule is NC(=S)NN=Cc1ncccc1NC(=O)OCc1ccc(Cl)cc1OP(=O)(O)O. The molecule has 0 aliphatic rings. The highest BCUT2D eigenvalue weighted by molar-refractivity contribution is 7.80. The topological polar surface area (TPSA) is 168 Å². The average molecular weight is 460 g/mol. The van der Waals surface area contributed by atoms with Gasteiger partial charge in [-0.25, -0.2) is 9.36 Å². The third-order valence-corrected chi connectivity index (χ3v) is 3.80. The molecule has 1 heterocycles. The number of pyridine rings is 1. The van der Waals surface area contributed by atoms with Crippen molar-refractivity contribution in [3.05, 3.63) is 52.8 Å². The minimum Gasteiger partial charge on any atom is -0.444 e. The van der Waals surface area contributed by atoms with E-state index in [9.17, 15) is 9.36 Å². The first-order valence-corrected chi connectivity index (χ1v) is 9.96. The molecule has 0 unspecified atom stereocenters. The molecule has 0 radical (unpaired) electrons. The fourth-order valence-electron chi connectivity index (χ4n) is 1.93. The van der Waals surface area contributed by atoms with Crippen LogP contribution in [0.2, 0.25) is 5.02 Å². The number of ether oxygens (including phenoxy) is 1. The lowest BCUT2D eigenvalue weighted by Gasteiger charge is -2.13. The van der Waals surface area contributed by atoms with Gasteiger partial charge in [0.15, 0.2) is 5.11 Å². The Balaban J connectivity index is 2.05. The van der Waals surface area contributed by atoms with Gasteiger partial charge < -0.3 is 15.0 Å². The molecule has 0 aliphatic carbocycles. The van der Waals surface area contributed by atoms with E-state index < -0.39 is 13.9 Å². The van der Waals surface area contributed by atoms with Crippen LogP contribution in [0, 0.1) is 0 Å². The number of carbonyl (C=O) groups excluding carboxylic acids is 1. The van der Waals surface area contributed by atoms with Crippen molar-refractivity contribution in [2.45, 2.75) is 6.61 Å². The van der Waals surface area contributed by atoms with Crippen LogP contribution in [-0.2, 0) is 15.9 Å². The van der Waals surface area contributed by atoms with E-state index in [-0.39, 0.29) is 33.7 Å². The summed E-state index contributed by atoms with van der Waals surface area (Å²) in [6, 6.07) is 7.20. The number of phosphoric ester groups is 1. The van der Waals surface area contributed by atoms with E-state index in [1.807, 2.05) is 0 Å². The highest BCUT2D eigenvalue weighted by Gasteiger charge is 2.19. The van der Waals surface area contributed by atoms with Crippen LogP contribution in [0.25, 0.3) is 0 Å². The number of nitrogens with two attached hydrogens (primary N) is 1. The number of nitrogens with one attached hydrogen (secondary N) is 2. The summed E-state index contributed by atoms with van der Waals surface area (Å²) in [4.78, 5) is 34.1. The number of carbonyl (C=O) groups is 1. The maximum Gasteiger partial charge on any atom is 0.524 e. The van der Waals surface area contributed by atoms with E-state index in [2.05, 4.69) is 37.6 Å². The summed E-state index contributed by atoms with van der Waals surface area (Å²) in [6.07, 6.45) is 1.92. The Morgan fingerprint density at radius 1 is 1.41 bits per heavy atom. The number of benzene rings is 1. The molecule has 0 atom stereocenters. The van der Waals surface area contributed by atoms with Crippen LogP contribution in [0.15, 0.2) is 41.6 Å². The Hall–Kier alpha value is -2.76. The van der Waals surface area contributed by atoms with Crippen molar-refractivity contribution < 1.29 is 28.4 Å². The summed E-state index contributed by atoms with van der Waals surface area (Å²) in [5.41, 5.74) is 8.39. The van der Waals surface area contributed by atoms with Crippen LogP contribution in [0.4, 0.5) is 10.5 Å². The first-order chi connectivity index (χ1) is 13.6. The smallest absolute Gasteiger partial charge is 0.444 e. The first-order valence-electron chi connectivity index (χ1n) is 7.65. The standard InChI is InChI=1S/C15H15ClN5O6PS/c16-10-4-3-9(13(6-10)27-28(23,24)25)8-26-15(22)20-11-2-1-5-18-12(11)7-19-21-14(17)29/h1-7H,8H2,(H,20,22)(H3,17,21,29)(H2,23,24,25). The highest BCUT2D eigenvalue weighted by atomic mass is 35.5. The highest BCUT2D eigenvalue weighted by Crippen LogP contribution is 2.40. The van der Waals surface area contributed by atoms with Crippen molar-refractivity contribution in [1.82, 2.24) is 10.4 Å². The molecule has 6 N–H and O–H groups in total. The second-order valence-corrected chi connectivity index (χ2v) is 7.25. The molecule has 11 nitrogen and oxygen atoms in total. The van der Waals surface area contributed by atoms with Crippen molar-refractivity contribution in [2.75, 3.05) is 5.32 Å². The number of anilines is 1. The molecule has 14 heteroatoms. The Morgan fingerprint density at radius 2 is 2.17 bits per heavy atom. The Kier molecular flexibility index (Phi) is 7.88.